The summed E-state index contributed by atoms with van der Waals surface area (Å²) in [4.78, 5) is 40.1. The largest absolute Gasteiger partial charge is 0.477 e. The zero-order chi connectivity index (χ0) is 21.7. The Labute approximate surface area is 178 Å². The molecule has 3 fully saturated rings. The van der Waals surface area contributed by atoms with E-state index >= 15 is 4.39 Å². The van der Waals surface area contributed by atoms with Gasteiger partial charge in [0.05, 0.1) is 17.7 Å². The SMILES string of the molecule is O=C(CN1CCN(c2cc3c(cc2F)c(=O)c(C(=O)O)cn3C2CC2)CC1)NC1CC1. The maximum Gasteiger partial charge on any atom is 0.341 e. The van der Waals surface area contributed by atoms with Gasteiger partial charge in [0.15, 0.2) is 0 Å². The molecular formula is C22H25FN4O4. The van der Waals surface area contributed by atoms with Crippen LogP contribution in [0.25, 0.3) is 10.9 Å². The number of aromatic nitrogens is 1. The molecular weight excluding hydrogens is 403 g/mol. The van der Waals surface area contributed by atoms with Gasteiger partial charge in [-0.15, -0.1) is 0 Å². The van der Waals surface area contributed by atoms with Gasteiger partial charge in [0, 0.05) is 49.8 Å². The molecule has 2 heterocycles. The van der Waals surface area contributed by atoms with Gasteiger partial charge in [-0.25, -0.2) is 9.18 Å². The number of carboxylic acid groups (broad SMARTS) is 1. The van der Waals surface area contributed by atoms with Crippen LogP contribution in [0.1, 0.15) is 42.1 Å². The Kier molecular flexibility index (Phi) is 4.92. The molecule has 1 aliphatic heterocycles. The summed E-state index contributed by atoms with van der Waals surface area (Å²) in [6.45, 7) is 2.77. The number of amides is 1. The first kappa shape index (κ1) is 20.0. The maximum absolute atomic E-state index is 15.0. The Morgan fingerprint density at radius 3 is 2.42 bits per heavy atom. The van der Waals surface area contributed by atoms with E-state index in [1.165, 1.54) is 12.3 Å². The molecule has 8 nitrogen and oxygen atoms in total. The van der Waals surface area contributed by atoms with Gasteiger partial charge in [-0.05, 0) is 37.8 Å². The van der Waals surface area contributed by atoms with Crippen LogP contribution in [0.4, 0.5) is 10.1 Å². The van der Waals surface area contributed by atoms with E-state index in [1.807, 2.05) is 9.47 Å². The molecule has 2 aromatic rings. The Morgan fingerprint density at radius 1 is 1.10 bits per heavy atom. The van der Waals surface area contributed by atoms with E-state index in [1.54, 1.807) is 6.07 Å². The number of hydrogen-bond acceptors (Lipinski definition) is 5. The minimum atomic E-state index is -1.30. The van der Waals surface area contributed by atoms with Crippen LogP contribution >= 0.6 is 0 Å². The van der Waals surface area contributed by atoms with Gasteiger partial charge in [0.25, 0.3) is 0 Å². The van der Waals surface area contributed by atoms with Crippen molar-refractivity contribution in [2.24, 2.45) is 0 Å². The lowest BCUT2D eigenvalue weighted by molar-refractivity contribution is -0.122. The molecule has 0 unspecified atom stereocenters. The van der Waals surface area contributed by atoms with E-state index in [0.717, 1.165) is 25.7 Å². The quantitative estimate of drug-likeness (QED) is 0.726. The highest BCUT2D eigenvalue weighted by atomic mass is 19.1. The van der Waals surface area contributed by atoms with Crippen LogP contribution < -0.4 is 15.6 Å². The van der Waals surface area contributed by atoms with Crippen molar-refractivity contribution in [3.63, 3.8) is 0 Å². The maximum atomic E-state index is 15.0. The predicted molar refractivity (Wildman–Crippen MR) is 113 cm³/mol. The number of hydrogen-bond donors (Lipinski definition) is 2. The van der Waals surface area contributed by atoms with Gasteiger partial charge in [0.1, 0.15) is 11.4 Å². The molecule has 0 atom stereocenters. The number of carbonyl (C=O) groups is 2. The first-order valence-corrected chi connectivity index (χ1v) is 10.8. The van der Waals surface area contributed by atoms with Crippen molar-refractivity contribution in [2.75, 3.05) is 37.6 Å². The number of piperazine rings is 1. The second-order valence-corrected chi connectivity index (χ2v) is 8.74. The fourth-order valence-electron chi connectivity index (χ4n) is 4.26. The van der Waals surface area contributed by atoms with E-state index in [9.17, 15) is 19.5 Å². The topological polar surface area (TPSA) is 94.9 Å². The number of carboxylic acids is 1. The molecule has 31 heavy (non-hydrogen) atoms. The second-order valence-electron chi connectivity index (χ2n) is 8.74. The molecule has 5 rings (SSSR count). The number of fused-ring (bicyclic) bond motifs is 1. The Bertz CT molecular complexity index is 1110. The van der Waals surface area contributed by atoms with Gasteiger partial charge < -0.3 is 19.9 Å². The lowest BCUT2D eigenvalue weighted by Gasteiger charge is -2.36. The number of nitrogens with one attached hydrogen (secondary N) is 1. The van der Waals surface area contributed by atoms with E-state index in [2.05, 4.69) is 10.2 Å². The first-order chi connectivity index (χ1) is 14.9. The highest BCUT2D eigenvalue weighted by Crippen LogP contribution is 2.38. The fraction of sp³-hybridized carbons (Fsp3) is 0.500. The molecule has 2 N–H and O–H groups in total. The summed E-state index contributed by atoms with van der Waals surface area (Å²) in [7, 11) is 0. The molecule has 3 aliphatic rings. The van der Waals surface area contributed by atoms with Crippen molar-refractivity contribution in [1.82, 2.24) is 14.8 Å². The molecule has 0 radical (unpaired) electrons. The predicted octanol–water partition coefficient (Wildman–Crippen LogP) is 1.57. The lowest BCUT2D eigenvalue weighted by Crippen LogP contribution is -2.50. The van der Waals surface area contributed by atoms with Crippen LogP contribution in [-0.2, 0) is 4.79 Å². The number of benzene rings is 1. The van der Waals surface area contributed by atoms with E-state index in [-0.39, 0.29) is 22.9 Å². The van der Waals surface area contributed by atoms with Crippen LogP contribution in [0.3, 0.4) is 0 Å². The Hall–Kier alpha value is -2.94. The summed E-state index contributed by atoms with van der Waals surface area (Å²) >= 11 is 0. The normalized spacial score (nSPS) is 19.6. The minimum absolute atomic E-state index is 0.0375. The zero-order valence-corrected chi connectivity index (χ0v) is 17.1. The average Bonchev–Trinajstić information content (AvgIpc) is 3.64. The summed E-state index contributed by atoms with van der Waals surface area (Å²) in [5.41, 5.74) is -0.00687. The van der Waals surface area contributed by atoms with Gasteiger partial charge in [0.2, 0.25) is 11.3 Å². The minimum Gasteiger partial charge on any atom is -0.477 e. The number of halogens is 1. The Morgan fingerprint density at radius 2 is 1.81 bits per heavy atom. The van der Waals surface area contributed by atoms with Crippen molar-refractivity contribution in [1.29, 1.82) is 0 Å². The van der Waals surface area contributed by atoms with Crippen LogP contribution in [-0.4, -0.2) is 65.2 Å². The molecule has 9 heteroatoms. The molecule has 1 aromatic heterocycles. The number of aromatic carboxylic acids is 1. The van der Waals surface area contributed by atoms with Crippen molar-refractivity contribution in [2.45, 2.75) is 37.8 Å². The molecule has 1 amide bonds. The molecule has 164 valence electrons. The van der Waals surface area contributed by atoms with Crippen LogP contribution in [0, 0.1) is 5.82 Å². The second kappa shape index (κ2) is 7.64. The van der Waals surface area contributed by atoms with Gasteiger partial charge in [-0.2, -0.15) is 0 Å². The van der Waals surface area contributed by atoms with E-state index in [0.29, 0.717) is 50.0 Å². The van der Waals surface area contributed by atoms with Crippen LogP contribution in [0.5, 0.6) is 0 Å². The summed E-state index contributed by atoms with van der Waals surface area (Å²) in [5, 5.41) is 12.5. The van der Waals surface area contributed by atoms with E-state index in [4.69, 9.17) is 0 Å². The molecule has 1 saturated heterocycles. The molecule has 2 aliphatic carbocycles. The summed E-state index contributed by atoms with van der Waals surface area (Å²) in [6.07, 6.45) is 5.32. The molecule has 0 spiro atoms. The number of anilines is 1. The first-order valence-electron chi connectivity index (χ1n) is 10.8. The summed E-state index contributed by atoms with van der Waals surface area (Å²) < 4.78 is 16.8. The number of pyridine rings is 1. The van der Waals surface area contributed by atoms with Gasteiger partial charge in [-0.1, -0.05) is 0 Å². The third-order valence-electron chi connectivity index (χ3n) is 6.29. The van der Waals surface area contributed by atoms with Crippen molar-refractivity contribution in [3.05, 3.63) is 39.9 Å². The average molecular weight is 428 g/mol. The smallest absolute Gasteiger partial charge is 0.341 e. The summed E-state index contributed by atoms with van der Waals surface area (Å²) in [5.74, 6) is -1.79. The standard InChI is InChI=1S/C22H25FN4O4/c23-17-9-15-18(27(14-3-4-14)11-16(21(15)29)22(30)31)10-19(17)26-7-5-25(6-8-26)12-20(28)24-13-1-2-13/h9-11,13-14H,1-8,12H2,(H,24,28)(H,30,31). The highest BCUT2D eigenvalue weighted by Gasteiger charge is 2.29. The van der Waals surface area contributed by atoms with Crippen LogP contribution in [0.15, 0.2) is 23.1 Å². The number of carbonyl (C=O) groups excluding carboxylic acids is 1. The van der Waals surface area contributed by atoms with Gasteiger partial charge >= 0.3 is 5.97 Å². The molecule has 0 bridgehead atoms. The molecule has 1 aromatic carbocycles. The lowest BCUT2D eigenvalue weighted by atomic mass is 10.1. The van der Waals surface area contributed by atoms with Gasteiger partial charge in [-0.3, -0.25) is 14.5 Å². The highest BCUT2D eigenvalue weighted by molar-refractivity contribution is 5.93. The monoisotopic (exact) mass is 428 g/mol. The van der Waals surface area contributed by atoms with Crippen molar-refractivity contribution in [3.8, 4) is 0 Å². The number of rotatable bonds is 6. The number of nitrogens with zero attached hydrogens (tertiary/aromatic N) is 3. The molecule has 2 saturated carbocycles. The summed E-state index contributed by atoms with van der Waals surface area (Å²) in [6, 6.07) is 3.33. The zero-order valence-electron chi connectivity index (χ0n) is 17.1. The van der Waals surface area contributed by atoms with Crippen molar-refractivity contribution >= 4 is 28.5 Å². The third-order valence-corrected chi connectivity index (χ3v) is 6.29. The Balaban J connectivity index is 1.39. The third kappa shape index (κ3) is 4.01. The van der Waals surface area contributed by atoms with Crippen LogP contribution in [0.2, 0.25) is 0 Å². The van der Waals surface area contributed by atoms with E-state index < -0.39 is 17.2 Å². The van der Waals surface area contributed by atoms with Crippen molar-refractivity contribution < 1.29 is 19.1 Å². The fourth-order valence-corrected chi connectivity index (χ4v) is 4.26.